The van der Waals surface area contributed by atoms with Crippen molar-refractivity contribution >= 4 is 17.8 Å². The van der Waals surface area contributed by atoms with E-state index in [-0.39, 0.29) is 11.8 Å². The second-order valence-electron chi connectivity index (χ2n) is 7.98. The maximum atomic E-state index is 13.0. The van der Waals surface area contributed by atoms with Crippen LogP contribution in [0.1, 0.15) is 55.3 Å². The summed E-state index contributed by atoms with van der Waals surface area (Å²) in [6.07, 6.45) is 4.95. The molecule has 0 spiro atoms. The topological polar surface area (TPSA) is 99.5 Å². The molecule has 1 saturated heterocycles. The lowest BCUT2D eigenvalue weighted by Gasteiger charge is -2.32. The molecular weight excluding hydrogens is 389 g/mol. The van der Waals surface area contributed by atoms with Crippen LogP contribution in [-0.4, -0.2) is 47.9 Å². The van der Waals surface area contributed by atoms with Gasteiger partial charge in [0.1, 0.15) is 11.4 Å². The number of carbonyl (C=O) groups excluding carboxylic acids is 3. The van der Waals surface area contributed by atoms with E-state index < -0.39 is 29.8 Å². The monoisotopic (exact) mass is 415 g/mol. The zero-order chi connectivity index (χ0) is 21.6. The Kier molecular flexibility index (Phi) is 7.03. The summed E-state index contributed by atoms with van der Waals surface area (Å²) in [6.45, 7) is 0.371. The van der Waals surface area contributed by atoms with Gasteiger partial charge in [0.25, 0.3) is 11.8 Å². The number of nitrogens with zero attached hydrogens (tertiary/aromatic N) is 2. The van der Waals surface area contributed by atoms with E-state index >= 15 is 0 Å². The largest absolute Gasteiger partial charge is 0.455 e. The van der Waals surface area contributed by atoms with Crippen LogP contribution < -0.4 is 5.32 Å². The Labute approximate surface area is 175 Å². The maximum absolute atomic E-state index is 13.0. The van der Waals surface area contributed by atoms with Crippen LogP contribution in [0.5, 0.6) is 0 Å². The Bertz CT molecular complexity index is 820. The fourth-order valence-corrected chi connectivity index (χ4v) is 4.07. The summed E-state index contributed by atoms with van der Waals surface area (Å²) in [7, 11) is 0. The third kappa shape index (κ3) is 5.35. The minimum absolute atomic E-state index is 0.199. The highest BCUT2D eigenvalue weighted by Gasteiger charge is 2.34. The maximum Gasteiger partial charge on any atom is 0.309 e. The molecular formula is C22H26FN3O4. The Morgan fingerprint density at radius 2 is 1.77 bits per heavy atom. The summed E-state index contributed by atoms with van der Waals surface area (Å²) >= 11 is 0. The van der Waals surface area contributed by atoms with Crippen LogP contribution >= 0.6 is 0 Å². The standard InChI is InChI=1S/C22H26FN3O4/c23-18-6-4-16(5-7-18)20(28)26-12-8-17(9-13-26)21(29)30-14-19(27)25-22(15-24)10-2-1-3-11-22/h4-7,17H,1-3,8-14H2,(H,25,27). The molecule has 3 rings (SSSR count). The van der Waals surface area contributed by atoms with E-state index in [0.717, 1.165) is 19.3 Å². The summed E-state index contributed by atoms with van der Waals surface area (Å²) in [5.41, 5.74) is -0.448. The molecule has 1 saturated carbocycles. The van der Waals surface area contributed by atoms with Crippen LogP contribution in [0.4, 0.5) is 4.39 Å². The molecule has 7 nitrogen and oxygen atoms in total. The number of ether oxygens (including phenoxy) is 1. The Morgan fingerprint density at radius 1 is 1.13 bits per heavy atom. The lowest BCUT2D eigenvalue weighted by molar-refractivity contribution is -0.154. The zero-order valence-electron chi connectivity index (χ0n) is 16.9. The molecule has 2 amide bonds. The van der Waals surface area contributed by atoms with Crippen molar-refractivity contribution in [2.75, 3.05) is 19.7 Å². The second kappa shape index (κ2) is 9.70. The number of carbonyl (C=O) groups is 3. The van der Waals surface area contributed by atoms with Gasteiger partial charge >= 0.3 is 5.97 Å². The zero-order valence-corrected chi connectivity index (χ0v) is 16.9. The van der Waals surface area contributed by atoms with Gasteiger partial charge in [-0.15, -0.1) is 0 Å². The molecule has 1 aliphatic heterocycles. The predicted octanol–water partition coefficient (Wildman–Crippen LogP) is 2.56. The molecule has 0 aromatic heterocycles. The fourth-order valence-electron chi connectivity index (χ4n) is 4.07. The SMILES string of the molecule is N#CC1(NC(=O)COC(=O)C2CCN(C(=O)c3ccc(F)cc3)CC2)CCCCC1. The number of hydrogen-bond acceptors (Lipinski definition) is 5. The van der Waals surface area contributed by atoms with Crippen molar-refractivity contribution in [3.8, 4) is 6.07 Å². The van der Waals surface area contributed by atoms with Gasteiger partial charge in [-0.1, -0.05) is 19.3 Å². The van der Waals surface area contributed by atoms with Crippen LogP contribution in [-0.2, 0) is 14.3 Å². The second-order valence-corrected chi connectivity index (χ2v) is 7.98. The third-order valence-corrected chi connectivity index (χ3v) is 5.85. The summed E-state index contributed by atoms with van der Waals surface area (Å²) in [4.78, 5) is 38.6. The van der Waals surface area contributed by atoms with Crippen molar-refractivity contribution in [2.24, 2.45) is 5.92 Å². The average molecular weight is 415 g/mol. The van der Waals surface area contributed by atoms with Crippen LogP contribution in [0.2, 0.25) is 0 Å². The number of rotatable bonds is 5. The summed E-state index contributed by atoms with van der Waals surface area (Å²) in [6, 6.07) is 7.57. The quantitative estimate of drug-likeness (QED) is 0.745. The molecule has 1 aliphatic carbocycles. The Balaban J connectivity index is 1.43. The van der Waals surface area contributed by atoms with Crippen molar-refractivity contribution in [1.29, 1.82) is 5.26 Å². The summed E-state index contributed by atoms with van der Waals surface area (Å²) in [5.74, 6) is -1.91. The number of nitrogens with one attached hydrogen (secondary N) is 1. The first-order chi connectivity index (χ1) is 14.4. The number of nitriles is 1. The molecule has 8 heteroatoms. The van der Waals surface area contributed by atoms with Gasteiger partial charge in [-0.3, -0.25) is 14.4 Å². The van der Waals surface area contributed by atoms with Crippen molar-refractivity contribution < 1.29 is 23.5 Å². The van der Waals surface area contributed by atoms with Gasteiger partial charge in [0.05, 0.1) is 12.0 Å². The van der Waals surface area contributed by atoms with Gasteiger partial charge in [0.2, 0.25) is 0 Å². The smallest absolute Gasteiger partial charge is 0.309 e. The van der Waals surface area contributed by atoms with Crippen LogP contribution in [0.15, 0.2) is 24.3 Å². The molecule has 160 valence electrons. The van der Waals surface area contributed by atoms with E-state index in [1.165, 1.54) is 24.3 Å². The number of likely N-dealkylation sites (tertiary alicyclic amines) is 1. The van der Waals surface area contributed by atoms with Crippen LogP contribution in [0.3, 0.4) is 0 Å². The molecule has 1 N–H and O–H groups in total. The highest BCUT2D eigenvalue weighted by Crippen LogP contribution is 2.27. The van der Waals surface area contributed by atoms with Gasteiger partial charge in [-0.25, -0.2) is 4.39 Å². The number of esters is 1. The number of halogens is 1. The molecule has 0 bridgehead atoms. The van der Waals surface area contributed by atoms with E-state index in [1.54, 1.807) is 4.90 Å². The molecule has 1 aromatic carbocycles. The average Bonchev–Trinajstić information content (AvgIpc) is 2.78. The van der Waals surface area contributed by atoms with E-state index in [1.807, 2.05) is 0 Å². The van der Waals surface area contributed by atoms with Crippen molar-refractivity contribution in [1.82, 2.24) is 10.2 Å². The van der Waals surface area contributed by atoms with Gasteiger partial charge in [0, 0.05) is 18.7 Å². The van der Waals surface area contributed by atoms with E-state index in [0.29, 0.717) is 44.3 Å². The molecule has 1 heterocycles. The predicted molar refractivity (Wildman–Crippen MR) is 106 cm³/mol. The molecule has 1 aromatic rings. The van der Waals surface area contributed by atoms with Gasteiger partial charge in [-0.05, 0) is 49.9 Å². The Hall–Kier alpha value is -2.95. The number of hydrogen-bond donors (Lipinski definition) is 1. The fraction of sp³-hybridized carbons (Fsp3) is 0.545. The number of amides is 2. The molecule has 2 fully saturated rings. The van der Waals surface area contributed by atoms with Gasteiger partial charge < -0.3 is 15.0 Å². The highest BCUT2D eigenvalue weighted by atomic mass is 19.1. The van der Waals surface area contributed by atoms with Gasteiger partial charge in [-0.2, -0.15) is 5.26 Å². The number of benzene rings is 1. The first kappa shape index (κ1) is 21.8. The minimum atomic E-state index is -0.853. The van der Waals surface area contributed by atoms with Gasteiger partial charge in [0.15, 0.2) is 6.61 Å². The highest BCUT2D eigenvalue weighted by molar-refractivity contribution is 5.94. The Morgan fingerprint density at radius 3 is 2.37 bits per heavy atom. The lowest BCUT2D eigenvalue weighted by Crippen LogP contribution is -2.50. The first-order valence-electron chi connectivity index (χ1n) is 10.4. The first-order valence-corrected chi connectivity index (χ1v) is 10.4. The molecule has 0 unspecified atom stereocenters. The molecule has 2 aliphatic rings. The van der Waals surface area contributed by atoms with Crippen molar-refractivity contribution in [3.05, 3.63) is 35.6 Å². The van der Waals surface area contributed by atoms with Crippen molar-refractivity contribution in [3.63, 3.8) is 0 Å². The van der Waals surface area contributed by atoms with Crippen molar-refractivity contribution in [2.45, 2.75) is 50.5 Å². The van der Waals surface area contributed by atoms with Crippen LogP contribution in [0.25, 0.3) is 0 Å². The summed E-state index contributed by atoms with van der Waals surface area (Å²) < 4.78 is 18.2. The van der Waals surface area contributed by atoms with E-state index in [2.05, 4.69) is 11.4 Å². The number of piperidine rings is 1. The third-order valence-electron chi connectivity index (χ3n) is 5.85. The van der Waals surface area contributed by atoms with Crippen LogP contribution in [0, 0.1) is 23.1 Å². The van der Waals surface area contributed by atoms with E-state index in [4.69, 9.17) is 4.74 Å². The minimum Gasteiger partial charge on any atom is -0.455 e. The van der Waals surface area contributed by atoms with E-state index in [9.17, 15) is 24.0 Å². The molecule has 30 heavy (non-hydrogen) atoms. The lowest BCUT2D eigenvalue weighted by atomic mass is 9.83. The molecule has 0 radical (unpaired) electrons. The normalized spacial score (nSPS) is 18.9. The molecule has 0 atom stereocenters. The summed E-state index contributed by atoms with van der Waals surface area (Å²) in [5, 5.41) is 12.1.